The van der Waals surface area contributed by atoms with Crippen molar-refractivity contribution in [2.45, 2.75) is 19.5 Å². The molecular weight excluding hydrogens is 334 g/mol. The van der Waals surface area contributed by atoms with Crippen LogP contribution < -0.4 is 25.4 Å². The molecule has 0 bridgehead atoms. The van der Waals surface area contributed by atoms with Crippen LogP contribution in [-0.4, -0.2) is 25.3 Å². The van der Waals surface area contributed by atoms with Crippen molar-refractivity contribution in [3.05, 3.63) is 59.7 Å². The fraction of sp³-hybridized carbons (Fsp3) is 0.263. The molecule has 3 amide bonds. The summed E-state index contributed by atoms with van der Waals surface area (Å²) in [7, 11) is 0. The number of ether oxygens (including phenoxy) is 2. The number of carbonyl (C=O) groups excluding carboxylic acids is 2. The minimum atomic E-state index is -0.663. The van der Waals surface area contributed by atoms with Crippen LogP contribution >= 0.6 is 0 Å². The standard InChI is InChI=1S/C19H21N3O4/c1-2-20-19(24)22-18(23)17(14-6-4-3-5-7-14)21-11-13-8-9-15-16(10-13)26-12-25-15/h3-10,17,21H,2,11-12H2,1H3,(H2,20,22,23,24)/t17-/m1/s1. The van der Waals surface area contributed by atoms with E-state index in [0.29, 0.717) is 24.6 Å². The molecule has 0 unspecified atom stereocenters. The van der Waals surface area contributed by atoms with Gasteiger partial charge in [-0.3, -0.25) is 15.4 Å². The van der Waals surface area contributed by atoms with E-state index in [9.17, 15) is 9.59 Å². The summed E-state index contributed by atoms with van der Waals surface area (Å²) in [6.07, 6.45) is 0. The van der Waals surface area contributed by atoms with E-state index >= 15 is 0 Å². The lowest BCUT2D eigenvalue weighted by Crippen LogP contribution is -2.44. The molecular formula is C19H21N3O4. The number of rotatable bonds is 6. The van der Waals surface area contributed by atoms with Crippen molar-refractivity contribution in [2.75, 3.05) is 13.3 Å². The summed E-state index contributed by atoms with van der Waals surface area (Å²) in [6.45, 7) is 2.88. The number of imide groups is 1. The molecule has 2 aromatic rings. The van der Waals surface area contributed by atoms with Crippen molar-refractivity contribution in [1.29, 1.82) is 0 Å². The Balaban J connectivity index is 1.71. The second kappa shape index (κ2) is 8.35. The van der Waals surface area contributed by atoms with Crippen LogP contribution in [0.5, 0.6) is 11.5 Å². The van der Waals surface area contributed by atoms with Gasteiger partial charge in [-0.1, -0.05) is 36.4 Å². The highest BCUT2D eigenvalue weighted by molar-refractivity contribution is 5.97. The molecule has 0 saturated heterocycles. The van der Waals surface area contributed by atoms with Gasteiger partial charge < -0.3 is 14.8 Å². The van der Waals surface area contributed by atoms with Crippen molar-refractivity contribution in [1.82, 2.24) is 16.0 Å². The topological polar surface area (TPSA) is 88.7 Å². The third-order valence-electron chi connectivity index (χ3n) is 3.92. The number of benzene rings is 2. The predicted octanol–water partition coefficient (Wildman–Crippen LogP) is 2.09. The normalized spacial score (nSPS) is 13.1. The van der Waals surface area contributed by atoms with E-state index in [4.69, 9.17) is 9.47 Å². The molecule has 26 heavy (non-hydrogen) atoms. The summed E-state index contributed by atoms with van der Waals surface area (Å²) >= 11 is 0. The van der Waals surface area contributed by atoms with Crippen LogP contribution in [0.25, 0.3) is 0 Å². The average molecular weight is 355 g/mol. The van der Waals surface area contributed by atoms with Crippen LogP contribution in [0.3, 0.4) is 0 Å². The predicted molar refractivity (Wildman–Crippen MR) is 95.8 cm³/mol. The molecule has 0 saturated carbocycles. The molecule has 1 heterocycles. The second-order valence-electron chi connectivity index (χ2n) is 5.76. The van der Waals surface area contributed by atoms with Crippen molar-refractivity contribution in [3.63, 3.8) is 0 Å². The molecule has 7 nitrogen and oxygen atoms in total. The molecule has 3 N–H and O–H groups in total. The van der Waals surface area contributed by atoms with Gasteiger partial charge in [-0.15, -0.1) is 0 Å². The van der Waals surface area contributed by atoms with Gasteiger partial charge in [-0.05, 0) is 30.2 Å². The smallest absolute Gasteiger partial charge is 0.321 e. The Bertz CT molecular complexity index is 780. The first kappa shape index (κ1) is 17.8. The molecule has 0 aliphatic carbocycles. The SMILES string of the molecule is CCNC(=O)NC(=O)[C@H](NCc1ccc2c(c1)OCO2)c1ccccc1. The summed E-state index contributed by atoms with van der Waals surface area (Å²) in [6, 6.07) is 13.7. The van der Waals surface area contributed by atoms with Gasteiger partial charge in [0.1, 0.15) is 6.04 Å². The minimum absolute atomic E-state index is 0.216. The molecule has 136 valence electrons. The van der Waals surface area contributed by atoms with Gasteiger partial charge in [0.15, 0.2) is 11.5 Å². The van der Waals surface area contributed by atoms with E-state index in [1.165, 1.54) is 0 Å². The average Bonchev–Trinajstić information content (AvgIpc) is 3.10. The third kappa shape index (κ3) is 4.31. The summed E-state index contributed by atoms with van der Waals surface area (Å²) in [5.74, 6) is 0.984. The summed E-state index contributed by atoms with van der Waals surface area (Å²) in [5.41, 5.74) is 1.72. The molecule has 0 aromatic heterocycles. The van der Waals surface area contributed by atoms with Crippen LogP contribution in [0.2, 0.25) is 0 Å². The van der Waals surface area contributed by atoms with E-state index < -0.39 is 18.0 Å². The molecule has 3 rings (SSSR count). The number of fused-ring (bicyclic) bond motifs is 1. The molecule has 1 atom stereocenters. The Kier molecular flexibility index (Phi) is 5.70. The zero-order valence-corrected chi connectivity index (χ0v) is 14.5. The van der Waals surface area contributed by atoms with E-state index in [0.717, 1.165) is 11.1 Å². The van der Waals surface area contributed by atoms with Gasteiger partial charge in [-0.25, -0.2) is 4.79 Å². The van der Waals surface area contributed by atoms with Crippen LogP contribution in [0.4, 0.5) is 4.79 Å². The highest BCUT2D eigenvalue weighted by atomic mass is 16.7. The van der Waals surface area contributed by atoms with Crippen molar-refractivity contribution < 1.29 is 19.1 Å². The van der Waals surface area contributed by atoms with Gasteiger partial charge in [0.25, 0.3) is 0 Å². The van der Waals surface area contributed by atoms with Gasteiger partial charge in [0.2, 0.25) is 12.7 Å². The molecule has 0 radical (unpaired) electrons. The summed E-state index contributed by atoms with van der Waals surface area (Å²) in [4.78, 5) is 24.2. The van der Waals surface area contributed by atoms with E-state index in [1.807, 2.05) is 48.5 Å². The van der Waals surface area contributed by atoms with Crippen molar-refractivity contribution in [3.8, 4) is 11.5 Å². The number of nitrogens with one attached hydrogen (secondary N) is 3. The summed E-state index contributed by atoms with van der Waals surface area (Å²) < 4.78 is 10.7. The van der Waals surface area contributed by atoms with Gasteiger partial charge in [0.05, 0.1) is 0 Å². The van der Waals surface area contributed by atoms with Crippen LogP contribution in [0, 0.1) is 0 Å². The Labute approximate surface area is 151 Å². The maximum Gasteiger partial charge on any atom is 0.321 e. The Morgan fingerprint density at radius 2 is 1.85 bits per heavy atom. The number of urea groups is 1. The summed E-state index contributed by atoms with van der Waals surface area (Å²) in [5, 5.41) is 8.12. The van der Waals surface area contributed by atoms with Gasteiger partial charge in [0, 0.05) is 13.1 Å². The van der Waals surface area contributed by atoms with Crippen molar-refractivity contribution in [2.24, 2.45) is 0 Å². The molecule has 2 aromatic carbocycles. The maximum absolute atomic E-state index is 12.6. The Hall–Kier alpha value is -3.06. The Morgan fingerprint density at radius 1 is 1.08 bits per heavy atom. The van der Waals surface area contributed by atoms with E-state index in [-0.39, 0.29) is 6.79 Å². The fourth-order valence-corrected chi connectivity index (χ4v) is 2.67. The van der Waals surface area contributed by atoms with Crippen LogP contribution in [-0.2, 0) is 11.3 Å². The fourth-order valence-electron chi connectivity index (χ4n) is 2.67. The third-order valence-corrected chi connectivity index (χ3v) is 3.92. The maximum atomic E-state index is 12.6. The van der Waals surface area contributed by atoms with Gasteiger partial charge >= 0.3 is 6.03 Å². The van der Waals surface area contributed by atoms with Crippen LogP contribution in [0.1, 0.15) is 24.1 Å². The lowest BCUT2D eigenvalue weighted by Gasteiger charge is -2.18. The first-order chi connectivity index (χ1) is 12.7. The highest BCUT2D eigenvalue weighted by Gasteiger charge is 2.22. The minimum Gasteiger partial charge on any atom is -0.454 e. The highest BCUT2D eigenvalue weighted by Crippen LogP contribution is 2.32. The lowest BCUT2D eigenvalue weighted by atomic mass is 10.1. The molecule has 7 heteroatoms. The first-order valence-corrected chi connectivity index (χ1v) is 8.43. The molecule has 1 aliphatic rings. The van der Waals surface area contributed by atoms with E-state index in [2.05, 4.69) is 16.0 Å². The number of hydrogen-bond donors (Lipinski definition) is 3. The second-order valence-corrected chi connectivity index (χ2v) is 5.76. The lowest BCUT2D eigenvalue weighted by molar-refractivity contribution is -0.122. The number of amides is 3. The van der Waals surface area contributed by atoms with Crippen molar-refractivity contribution >= 4 is 11.9 Å². The van der Waals surface area contributed by atoms with Gasteiger partial charge in [-0.2, -0.15) is 0 Å². The number of hydrogen-bond acceptors (Lipinski definition) is 5. The molecule has 1 aliphatic heterocycles. The quantitative estimate of drug-likeness (QED) is 0.738. The van der Waals surface area contributed by atoms with E-state index in [1.54, 1.807) is 6.92 Å². The molecule has 0 spiro atoms. The van der Waals surface area contributed by atoms with Crippen LogP contribution in [0.15, 0.2) is 48.5 Å². The zero-order chi connectivity index (χ0) is 18.4. The first-order valence-electron chi connectivity index (χ1n) is 8.43. The largest absolute Gasteiger partial charge is 0.454 e. The Morgan fingerprint density at radius 3 is 2.62 bits per heavy atom. The zero-order valence-electron chi connectivity index (χ0n) is 14.5. The molecule has 0 fully saturated rings. The number of carbonyl (C=O) groups is 2. The monoisotopic (exact) mass is 355 g/mol.